The lowest BCUT2D eigenvalue weighted by atomic mass is 9.90. The second-order valence-corrected chi connectivity index (χ2v) is 6.40. The Morgan fingerprint density at radius 2 is 1.85 bits per heavy atom. The summed E-state index contributed by atoms with van der Waals surface area (Å²) in [7, 11) is 0. The van der Waals surface area contributed by atoms with Gasteiger partial charge in [0.15, 0.2) is 5.82 Å². The molecule has 4 nitrogen and oxygen atoms in total. The van der Waals surface area contributed by atoms with Crippen molar-refractivity contribution in [3.8, 4) is 0 Å². The molecule has 2 rings (SSSR count). The Morgan fingerprint density at radius 3 is 2.40 bits per heavy atom. The van der Waals surface area contributed by atoms with Gasteiger partial charge < -0.3 is 10.3 Å². The van der Waals surface area contributed by atoms with Crippen LogP contribution in [-0.4, -0.2) is 16.2 Å². The first-order chi connectivity index (χ1) is 9.47. The van der Waals surface area contributed by atoms with Gasteiger partial charge in [0, 0.05) is 16.9 Å². The molecule has 1 aromatic heterocycles. The molecule has 0 fully saturated rings. The van der Waals surface area contributed by atoms with Gasteiger partial charge in [-0.05, 0) is 30.5 Å². The lowest BCUT2D eigenvalue weighted by Gasteiger charge is -2.20. The Morgan fingerprint density at radius 1 is 1.20 bits per heavy atom. The summed E-state index contributed by atoms with van der Waals surface area (Å²) in [6.45, 7) is 6.21. The minimum Gasteiger partial charge on any atom is -0.339 e. The van der Waals surface area contributed by atoms with Crippen LogP contribution in [0.4, 0.5) is 0 Å². The van der Waals surface area contributed by atoms with Crippen molar-refractivity contribution in [3.05, 3.63) is 46.0 Å². The van der Waals surface area contributed by atoms with E-state index in [1.807, 2.05) is 31.2 Å². The Bertz CT molecular complexity index is 541. The molecule has 0 aliphatic carbocycles. The third-order valence-corrected chi connectivity index (χ3v) is 3.86. The van der Waals surface area contributed by atoms with Gasteiger partial charge in [0.2, 0.25) is 5.89 Å². The summed E-state index contributed by atoms with van der Waals surface area (Å²) < 4.78 is 6.46. The Labute approximate surface area is 127 Å². The van der Waals surface area contributed by atoms with Crippen LogP contribution in [0, 0.1) is 5.92 Å². The van der Waals surface area contributed by atoms with Crippen molar-refractivity contribution in [2.24, 2.45) is 11.7 Å². The van der Waals surface area contributed by atoms with Crippen LogP contribution in [0.5, 0.6) is 0 Å². The van der Waals surface area contributed by atoms with Crippen LogP contribution < -0.4 is 5.73 Å². The molecule has 0 aliphatic rings. The van der Waals surface area contributed by atoms with Gasteiger partial charge in [-0.15, -0.1) is 0 Å². The van der Waals surface area contributed by atoms with Crippen LogP contribution in [0.3, 0.4) is 0 Å². The van der Waals surface area contributed by atoms with Gasteiger partial charge in [-0.2, -0.15) is 4.98 Å². The fourth-order valence-corrected chi connectivity index (χ4v) is 2.64. The van der Waals surface area contributed by atoms with Gasteiger partial charge in [-0.3, -0.25) is 0 Å². The normalized spacial score (nSPS) is 14.5. The maximum Gasteiger partial charge on any atom is 0.231 e. The maximum absolute atomic E-state index is 6.02. The average Bonchev–Trinajstić information content (AvgIpc) is 2.79. The van der Waals surface area contributed by atoms with Crippen molar-refractivity contribution >= 4 is 15.9 Å². The predicted molar refractivity (Wildman–Crippen MR) is 82.5 cm³/mol. The van der Waals surface area contributed by atoms with E-state index < -0.39 is 0 Å². The fourth-order valence-electron chi connectivity index (χ4n) is 2.38. The van der Waals surface area contributed by atoms with E-state index in [1.165, 1.54) is 0 Å². The highest BCUT2D eigenvalue weighted by molar-refractivity contribution is 9.10. The van der Waals surface area contributed by atoms with E-state index in [2.05, 4.69) is 39.9 Å². The quantitative estimate of drug-likeness (QED) is 0.906. The summed E-state index contributed by atoms with van der Waals surface area (Å²) in [4.78, 5) is 4.50. The van der Waals surface area contributed by atoms with Gasteiger partial charge in [-0.25, -0.2) is 0 Å². The predicted octanol–water partition coefficient (Wildman–Crippen LogP) is 3.51. The largest absolute Gasteiger partial charge is 0.339 e. The molecule has 0 radical (unpaired) electrons. The number of halogens is 1. The van der Waals surface area contributed by atoms with Gasteiger partial charge in [-0.1, -0.05) is 47.1 Å². The molecule has 2 atom stereocenters. The zero-order valence-electron chi connectivity index (χ0n) is 12.0. The number of hydrogen-bond acceptors (Lipinski definition) is 4. The summed E-state index contributed by atoms with van der Waals surface area (Å²) in [6, 6.07) is 8.11. The molecule has 0 spiro atoms. The number of nitrogens with zero attached hydrogens (tertiary/aromatic N) is 2. The van der Waals surface area contributed by atoms with Crippen LogP contribution in [-0.2, 0) is 6.42 Å². The Kier molecular flexibility index (Phi) is 4.94. The molecule has 5 heteroatoms. The monoisotopic (exact) mass is 337 g/mol. The smallest absolute Gasteiger partial charge is 0.231 e. The van der Waals surface area contributed by atoms with Gasteiger partial charge >= 0.3 is 0 Å². The van der Waals surface area contributed by atoms with Crippen LogP contribution in [0.25, 0.3) is 0 Å². The maximum atomic E-state index is 6.02. The third kappa shape index (κ3) is 3.67. The number of rotatable bonds is 5. The van der Waals surface area contributed by atoms with Gasteiger partial charge in [0.1, 0.15) is 0 Å². The molecule has 2 aromatic rings. The molecule has 0 aliphatic heterocycles. The van der Waals surface area contributed by atoms with E-state index in [9.17, 15) is 0 Å². The molecular formula is C15H20BrN3O. The van der Waals surface area contributed by atoms with Crippen molar-refractivity contribution in [2.75, 3.05) is 0 Å². The molecule has 108 valence electrons. The van der Waals surface area contributed by atoms with E-state index >= 15 is 0 Å². The fraction of sp³-hybridized carbons (Fsp3) is 0.467. The van der Waals surface area contributed by atoms with Crippen molar-refractivity contribution in [3.63, 3.8) is 0 Å². The first-order valence-corrected chi connectivity index (χ1v) is 7.59. The van der Waals surface area contributed by atoms with Crippen LogP contribution >= 0.6 is 15.9 Å². The molecule has 20 heavy (non-hydrogen) atoms. The topological polar surface area (TPSA) is 64.9 Å². The second kappa shape index (κ2) is 6.50. The summed E-state index contributed by atoms with van der Waals surface area (Å²) >= 11 is 3.42. The number of nitrogens with two attached hydrogens (primary N) is 1. The first kappa shape index (κ1) is 15.2. The zero-order valence-corrected chi connectivity index (χ0v) is 13.6. The van der Waals surface area contributed by atoms with E-state index in [1.54, 1.807) is 0 Å². The molecule has 2 N–H and O–H groups in total. The summed E-state index contributed by atoms with van der Waals surface area (Å²) in [5.74, 6) is 1.81. The average molecular weight is 338 g/mol. The van der Waals surface area contributed by atoms with Crippen LogP contribution in [0.1, 0.15) is 44.0 Å². The highest BCUT2D eigenvalue weighted by Crippen LogP contribution is 2.26. The number of aromatic nitrogens is 2. The molecule has 2 unspecified atom stereocenters. The summed E-state index contributed by atoms with van der Waals surface area (Å²) in [5, 5.41) is 4.07. The molecule has 0 saturated carbocycles. The zero-order chi connectivity index (χ0) is 14.7. The number of hydrogen-bond donors (Lipinski definition) is 1. The standard InChI is InChI=1S/C15H20BrN3O/c1-9(2)14(10(3)17)15-18-13(19-20-15)8-11-4-6-12(16)7-5-11/h4-7,9-10,14H,8,17H2,1-3H3. The minimum absolute atomic E-state index is 0.00372. The van der Waals surface area contributed by atoms with E-state index in [-0.39, 0.29) is 12.0 Å². The molecular weight excluding hydrogens is 318 g/mol. The molecule has 0 saturated heterocycles. The van der Waals surface area contributed by atoms with E-state index in [0.29, 0.717) is 24.1 Å². The summed E-state index contributed by atoms with van der Waals surface area (Å²) in [5.41, 5.74) is 7.17. The molecule has 0 bridgehead atoms. The van der Waals surface area contributed by atoms with E-state index in [4.69, 9.17) is 10.3 Å². The first-order valence-electron chi connectivity index (χ1n) is 6.80. The van der Waals surface area contributed by atoms with Gasteiger partial charge in [0.25, 0.3) is 0 Å². The van der Waals surface area contributed by atoms with Crippen LogP contribution in [0.2, 0.25) is 0 Å². The van der Waals surface area contributed by atoms with Crippen molar-refractivity contribution in [2.45, 2.75) is 39.2 Å². The molecule has 0 amide bonds. The summed E-state index contributed by atoms with van der Waals surface area (Å²) in [6.07, 6.45) is 0.667. The number of benzene rings is 1. The van der Waals surface area contributed by atoms with Crippen molar-refractivity contribution in [1.29, 1.82) is 0 Å². The Balaban J connectivity index is 2.14. The third-order valence-electron chi connectivity index (χ3n) is 3.33. The van der Waals surface area contributed by atoms with Crippen molar-refractivity contribution < 1.29 is 4.52 Å². The SMILES string of the molecule is CC(C)C(c1nc(Cc2ccc(Br)cc2)no1)C(C)N. The second-order valence-electron chi connectivity index (χ2n) is 5.48. The lowest BCUT2D eigenvalue weighted by molar-refractivity contribution is 0.298. The minimum atomic E-state index is -0.00372. The molecule has 1 aromatic carbocycles. The van der Waals surface area contributed by atoms with Crippen molar-refractivity contribution in [1.82, 2.24) is 10.1 Å². The Hall–Kier alpha value is -1.20. The lowest BCUT2D eigenvalue weighted by Crippen LogP contribution is -2.28. The van der Waals surface area contributed by atoms with Crippen LogP contribution in [0.15, 0.2) is 33.3 Å². The van der Waals surface area contributed by atoms with E-state index in [0.717, 1.165) is 10.0 Å². The highest BCUT2D eigenvalue weighted by atomic mass is 79.9. The van der Waals surface area contributed by atoms with Gasteiger partial charge in [0.05, 0.1) is 5.92 Å². The highest BCUT2D eigenvalue weighted by Gasteiger charge is 2.26. The molecule has 1 heterocycles.